The van der Waals surface area contributed by atoms with E-state index < -0.39 is 0 Å². The number of amides is 1. The fourth-order valence-electron chi connectivity index (χ4n) is 3.22. The minimum atomic E-state index is 0.293. The number of piperazine rings is 1. The highest BCUT2D eigenvalue weighted by Crippen LogP contribution is 2.17. The van der Waals surface area contributed by atoms with Gasteiger partial charge in [0.05, 0.1) is 0 Å². The van der Waals surface area contributed by atoms with Gasteiger partial charge in [0.15, 0.2) is 0 Å². The largest absolute Gasteiger partial charge is 0.340 e. The SMILES string of the molecule is CCCC(=O)N1CCN(CCCc2nc(-c3ccc(C)cc3)no2)CC1. The first-order valence-electron chi connectivity index (χ1n) is 9.55. The lowest BCUT2D eigenvalue weighted by molar-refractivity contribution is -0.132. The van der Waals surface area contributed by atoms with Crippen LogP contribution in [0.25, 0.3) is 11.4 Å². The van der Waals surface area contributed by atoms with Gasteiger partial charge in [0.1, 0.15) is 0 Å². The van der Waals surface area contributed by atoms with Crippen LogP contribution < -0.4 is 0 Å². The molecule has 1 fully saturated rings. The van der Waals surface area contributed by atoms with Gasteiger partial charge in [-0.05, 0) is 26.3 Å². The summed E-state index contributed by atoms with van der Waals surface area (Å²) in [6.45, 7) is 8.70. The van der Waals surface area contributed by atoms with Crippen molar-refractivity contribution in [2.75, 3.05) is 32.7 Å². The fraction of sp³-hybridized carbons (Fsp3) is 0.550. The summed E-state index contributed by atoms with van der Waals surface area (Å²) in [6, 6.07) is 8.14. The van der Waals surface area contributed by atoms with E-state index in [9.17, 15) is 4.79 Å². The minimum absolute atomic E-state index is 0.293. The highest BCUT2D eigenvalue weighted by molar-refractivity contribution is 5.76. The fourth-order valence-corrected chi connectivity index (χ4v) is 3.22. The lowest BCUT2D eigenvalue weighted by Gasteiger charge is -2.34. The number of carbonyl (C=O) groups excluding carboxylic acids is 1. The van der Waals surface area contributed by atoms with Gasteiger partial charge in [-0.25, -0.2) is 0 Å². The highest BCUT2D eigenvalue weighted by atomic mass is 16.5. The molecule has 1 aromatic carbocycles. The summed E-state index contributed by atoms with van der Waals surface area (Å²) in [5, 5.41) is 4.08. The van der Waals surface area contributed by atoms with E-state index in [-0.39, 0.29) is 0 Å². The number of hydrogen-bond acceptors (Lipinski definition) is 5. The third-order valence-electron chi connectivity index (χ3n) is 4.83. The molecule has 26 heavy (non-hydrogen) atoms. The Balaban J connectivity index is 1.41. The van der Waals surface area contributed by atoms with E-state index >= 15 is 0 Å². The van der Waals surface area contributed by atoms with E-state index in [0.717, 1.165) is 57.5 Å². The van der Waals surface area contributed by atoms with Crippen LogP contribution in [0, 0.1) is 6.92 Å². The molecule has 6 heteroatoms. The molecule has 1 aliphatic heterocycles. The summed E-state index contributed by atoms with van der Waals surface area (Å²) in [4.78, 5) is 20.8. The summed E-state index contributed by atoms with van der Waals surface area (Å²) in [6.07, 6.45) is 3.36. The van der Waals surface area contributed by atoms with E-state index in [0.29, 0.717) is 24.0 Å². The maximum absolute atomic E-state index is 11.9. The molecule has 0 unspecified atom stereocenters. The molecule has 1 amide bonds. The predicted molar refractivity (Wildman–Crippen MR) is 101 cm³/mol. The number of hydrogen-bond donors (Lipinski definition) is 0. The second-order valence-corrected chi connectivity index (χ2v) is 6.95. The molecule has 2 heterocycles. The van der Waals surface area contributed by atoms with E-state index in [1.165, 1.54) is 5.56 Å². The third kappa shape index (κ3) is 4.91. The van der Waals surface area contributed by atoms with E-state index in [4.69, 9.17) is 4.52 Å². The molecule has 1 aliphatic rings. The maximum atomic E-state index is 11.9. The van der Waals surface area contributed by atoms with E-state index in [1.807, 2.05) is 17.0 Å². The number of carbonyl (C=O) groups is 1. The van der Waals surface area contributed by atoms with Gasteiger partial charge in [-0.3, -0.25) is 9.69 Å². The molecule has 0 bridgehead atoms. The van der Waals surface area contributed by atoms with Crippen molar-refractivity contribution in [1.29, 1.82) is 0 Å². The van der Waals surface area contributed by atoms with Crippen molar-refractivity contribution in [3.05, 3.63) is 35.7 Å². The van der Waals surface area contributed by atoms with Crippen molar-refractivity contribution >= 4 is 5.91 Å². The first kappa shape index (κ1) is 18.6. The Kier molecular flexibility index (Phi) is 6.39. The molecule has 0 N–H and O–H groups in total. The quantitative estimate of drug-likeness (QED) is 0.763. The molecule has 140 valence electrons. The van der Waals surface area contributed by atoms with Crippen LogP contribution in [0.15, 0.2) is 28.8 Å². The molecule has 0 saturated carbocycles. The predicted octanol–water partition coefficient (Wildman–Crippen LogP) is 2.92. The summed E-state index contributed by atoms with van der Waals surface area (Å²) < 4.78 is 5.38. The van der Waals surface area contributed by atoms with Gasteiger partial charge in [0.2, 0.25) is 17.6 Å². The number of benzene rings is 1. The molecule has 1 saturated heterocycles. The zero-order valence-corrected chi connectivity index (χ0v) is 15.8. The molecular weight excluding hydrogens is 328 g/mol. The van der Waals surface area contributed by atoms with Crippen LogP contribution >= 0.6 is 0 Å². The number of aryl methyl sites for hydroxylation is 2. The molecular formula is C20H28N4O2. The van der Waals surface area contributed by atoms with E-state index in [1.54, 1.807) is 0 Å². The van der Waals surface area contributed by atoms with Crippen LogP contribution in [-0.4, -0.2) is 58.6 Å². The average Bonchev–Trinajstić information content (AvgIpc) is 3.12. The first-order chi connectivity index (χ1) is 12.7. The smallest absolute Gasteiger partial charge is 0.227 e. The topological polar surface area (TPSA) is 62.5 Å². The van der Waals surface area contributed by atoms with Crippen molar-refractivity contribution in [3.8, 4) is 11.4 Å². The third-order valence-corrected chi connectivity index (χ3v) is 4.83. The zero-order chi connectivity index (χ0) is 18.4. The second-order valence-electron chi connectivity index (χ2n) is 6.95. The number of rotatable bonds is 7. The van der Waals surface area contributed by atoms with Gasteiger partial charge in [-0.2, -0.15) is 4.98 Å². The molecule has 2 aromatic rings. The summed E-state index contributed by atoms with van der Waals surface area (Å²) >= 11 is 0. The second kappa shape index (κ2) is 8.94. The van der Waals surface area contributed by atoms with Crippen molar-refractivity contribution < 1.29 is 9.32 Å². The van der Waals surface area contributed by atoms with Gasteiger partial charge in [0.25, 0.3) is 0 Å². The first-order valence-corrected chi connectivity index (χ1v) is 9.55. The monoisotopic (exact) mass is 356 g/mol. The van der Waals surface area contributed by atoms with Crippen LogP contribution in [0.1, 0.15) is 37.6 Å². The molecule has 0 radical (unpaired) electrons. The maximum Gasteiger partial charge on any atom is 0.227 e. The molecule has 1 aromatic heterocycles. The molecule has 0 spiro atoms. The Hall–Kier alpha value is -2.21. The molecule has 6 nitrogen and oxygen atoms in total. The Bertz CT molecular complexity index is 703. The minimum Gasteiger partial charge on any atom is -0.340 e. The van der Waals surface area contributed by atoms with Crippen LogP contribution in [0.2, 0.25) is 0 Å². The van der Waals surface area contributed by atoms with Crippen LogP contribution in [0.5, 0.6) is 0 Å². The Labute approximate surface area is 155 Å². The lowest BCUT2D eigenvalue weighted by Crippen LogP contribution is -2.48. The summed E-state index contributed by atoms with van der Waals surface area (Å²) in [5.41, 5.74) is 2.20. The van der Waals surface area contributed by atoms with Crippen molar-refractivity contribution in [2.24, 2.45) is 0 Å². The molecule has 0 aliphatic carbocycles. The lowest BCUT2D eigenvalue weighted by atomic mass is 10.1. The van der Waals surface area contributed by atoms with Gasteiger partial charge in [0, 0.05) is 44.6 Å². The van der Waals surface area contributed by atoms with Gasteiger partial charge >= 0.3 is 0 Å². The Morgan fingerprint density at radius 3 is 2.58 bits per heavy atom. The van der Waals surface area contributed by atoms with Gasteiger partial charge in [-0.15, -0.1) is 0 Å². The number of nitrogens with zero attached hydrogens (tertiary/aromatic N) is 4. The van der Waals surface area contributed by atoms with Crippen molar-refractivity contribution in [1.82, 2.24) is 19.9 Å². The van der Waals surface area contributed by atoms with Crippen LogP contribution in [-0.2, 0) is 11.2 Å². The zero-order valence-electron chi connectivity index (χ0n) is 15.8. The Morgan fingerprint density at radius 1 is 1.15 bits per heavy atom. The number of aromatic nitrogens is 2. The molecule has 0 atom stereocenters. The molecule has 3 rings (SSSR count). The van der Waals surface area contributed by atoms with Gasteiger partial charge in [-0.1, -0.05) is 41.9 Å². The van der Waals surface area contributed by atoms with Crippen LogP contribution in [0.3, 0.4) is 0 Å². The van der Waals surface area contributed by atoms with E-state index in [2.05, 4.69) is 41.0 Å². The van der Waals surface area contributed by atoms with Crippen molar-refractivity contribution in [3.63, 3.8) is 0 Å². The normalized spacial score (nSPS) is 15.4. The Morgan fingerprint density at radius 2 is 1.88 bits per heavy atom. The van der Waals surface area contributed by atoms with Crippen LogP contribution in [0.4, 0.5) is 0 Å². The summed E-state index contributed by atoms with van der Waals surface area (Å²) in [5.74, 6) is 1.64. The average molecular weight is 356 g/mol. The van der Waals surface area contributed by atoms with Gasteiger partial charge < -0.3 is 9.42 Å². The highest BCUT2D eigenvalue weighted by Gasteiger charge is 2.20. The summed E-state index contributed by atoms with van der Waals surface area (Å²) in [7, 11) is 0. The standard InChI is InChI=1S/C20H28N4O2/c1-3-5-19(25)24-14-12-23(13-15-24)11-4-6-18-21-20(22-26-18)17-9-7-16(2)8-10-17/h7-10H,3-6,11-15H2,1-2H3. The van der Waals surface area contributed by atoms with Crippen molar-refractivity contribution in [2.45, 2.75) is 39.5 Å².